The molecule has 0 saturated heterocycles. The van der Waals surface area contributed by atoms with Gasteiger partial charge in [0.05, 0.1) is 10.1 Å². The van der Waals surface area contributed by atoms with Crippen molar-refractivity contribution in [1.29, 1.82) is 0 Å². The standard InChI is InChI=1S/C14H17N5O3S3/c1-8(23-14-19-18-13(24-14)17-10-2-3-10)12(20)16-9-4-6-11(7-5-9)25(15,21)22/h4-8,10H,2-3H2,1H3,(H,16,20)(H,17,18)(H2,15,21,22). The molecule has 25 heavy (non-hydrogen) atoms. The van der Waals surface area contributed by atoms with Crippen LogP contribution in [0, 0.1) is 0 Å². The van der Waals surface area contributed by atoms with Crippen LogP contribution in [-0.2, 0) is 14.8 Å². The number of rotatable bonds is 7. The zero-order valence-electron chi connectivity index (χ0n) is 13.3. The Morgan fingerprint density at radius 2 is 2.00 bits per heavy atom. The van der Waals surface area contributed by atoms with Crippen molar-refractivity contribution < 1.29 is 13.2 Å². The first-order chi connectivity index (χ1) is 11.8. The van der Waals surface area contributed by atoms with E-state index in [9.17, 15) is 13.2 Å². The van der Waals surface area contributed by atoms with Gasteiger partial charge < -0.3 is 10.6 Å². The van der Waals surface area contributed by atoms with E-state index in [1.54, 1.807) is 6.92 Å². The van der Waals surface area contributed by atoms with E-state index in [4.69, 9.17) is 5.14 Å². The van der Waals surface area contributed by atoms with E-state index in [2.05, 4.69) is 20.8 Å². The molecular formula is C14H17N5O3S3. The lowest BCUT2D eigenvalue weighted by Crippen LogP contribution is -2.22. The minimum Gasteiger partial charge on any atom is -0.357 e. The van der Waals surface area contributed by atoms with E-state index in [1.165, 1.54) is 47.4 Å². The van der Waals surface area contributed by atoms with Gasteiger partial charge in [0.15, 0.2) is 4.34 Å². The number of nitrogens with two attached hydrogens (primary N) is 1. The first-order valence-corrected chi connectivity index (χ1v) is 10.8. The minimum atomic E-state index is -3.74. The van der Waals surface area contributed by atoms with E-state index in [-0.39, 0.29) is 16.1 Å². The molecule has 0 spiro atoms. The third-order valence-electron chi connectivity index (χ3n) is 3.41. The molecule has 0 aliphatic heterocycles. The maximum absolute atomic E-state index is 12.3. The summed E-state index contributed by atoms with van der Waals surface area (Å²) in [6.45, 7) is 1.77. The molecule has 1 aliphatic rings. The van der Waals surface area contributed by atoms with E-state index in [0.717, 1.165) is 22.3 Å². The molecule has 1 aromatic carbocycles. The molecule has 1 amide bonds. The summed E-state index contributed by atoms with van der Waals surface area (Å²) < 4.78 is 23.2. The van der Waals surface area contributed by atoms with Crippen molar-refractivity contribution in [3.05, 3.63) is 24.3 Å². The molecule has 1 saturated carbocycles. The fourth-order valence-electron chi connectivity index (χ4n) is 1.89. The van der Waals surface area contributed by atoms with Crippen molar-refractivity contribution in [2.24, 2.45) is 5.14 Å². The Morgan fingerprint density at radius 3 is 2.60 bits per heavy atom. The average molecular weight is 400 g/mol. The van der Waals surface area contributed by atoms with Crippen molar-refractivity contribution in [2.75, 3.05) is 10.6 Å². The topological polar surface area (TPSA) is 127 Å². The number of nitrogens with zero attached hydrogens (tertiary/aromatic N) is 2. The number of sulfonamides is 1. The summed E-state index contributed by atoms with van der Waals surface area (Å²) in [4.78, 5) is 12.3. The molecule has 11 heteroatoms. The fourth-order valence-corrected chi connectivity index (χ4v) is 4.38. The lowest BCUT2D eigenvalue weighted by atomic mass is 10.3. The number of anilines is 2. The van der Waals surface area contributed by atoms with E-state index in [1.807, 2.05) is 0 Å². The summed E-state index contributed by atoms with van der Waals surface area (Å²) in [5.74, 6) is -0.208. The maximum Gasteiger partial charge on any atom is 0.238 e. The van der Waals surface area contributed by atoms with Gasteiger partial charge in [-0.3, -0.25) is 4.79 Å². The SMILES string of the molecule is CC(Sc1nnc(NC2CC2)s1)C(=O)Nc1ccc(S(N)(=O)=O)cc1. The summed E-state index contributed by atoms with van der Waals surface area (Å²) in [5, 5.41) is 19.6. The van der Waals surface area contributed by atoms with Crippen LogP contribution in [0.15, 0.2) is 33.5 Å². The number of aromatic nitrogens is 2. The van der Waals surface area contributed by atoms with E-state index in [0.29, 0.717) is 11.7 Å². The third-order valence-corrected chi connectivity index (χ3v) is 6.38. The predicted octanol–water partition coefficient (Wildman–Crippen LogP) is 1.88. The normalized spacial score (nSPS) is 15.6. The van der Waals surface area contributed by atoms with Gasteiger partial charge in [-0.1, -0.05) is 23.1 Å². The van der Waals surface area contributed by atoms with Crippen LogP contribution in [0.5, 0.6) is 0 Å². The molecule has 3 rings (SSSR count). The molecular weight excluding hydrogens is 382 g/mol. The minimum absolute atomic E-state index is 0.00234. The molecule has 1 heterocycles. The zero-order chi connectivity index (χ0) is 18.0. The van der Waals surface area contributed by atoms with Crippen molar-refractivity contribution >= 4 is 49.8 Å². The molecule has 1 aliphatic carbocycles. The van der Waals surface area contributed by atoms with Crippen LogP contribution in [0.2, 0.25) is 0 Å². The van der Waals surface area contributed by atoms with Crippen LogP contribution in [0.3, 0.4) is 0 Å². The van der Waals surface area contributed by atoms with Gasteiger partial charge in [-0.05, 0) is 44.0 Å². The van der Waals surface area contributed by atoms with Gasteiger partial charge in [0.2, 0.25) is 21.1 Å². The highest BCUT2D eigenvalue weighted by Crippen LogP contribution is 2.32. The molecule has 1 aromatic heterocycles. The summed E-state index contributed by atoms with van der Waals surface area (Å²) in [6, 6.07) is 6.20. The second-order valence-electron chi connectivity index (χ2n) is 5.61. The number of hydrogen-bond donors (Lipinski definition) is 3. The van der Waals surface area contributed by atoms with Gasteiger partial charge in [-0.2, -0.15) is 0 Å². The first kappa shape index (κ1) is 18.1. The monoisotopic (exact) mass is 399 g/mol. The predicted molar refractivity (Wildman–Crippen MR) is 98.3 cm³/mol. The highest BCUT2D eigenvalue weighted by molar-refractivity contribution is 8.02. The van der Waals surface area contributed by atoms with Crippen LogP contribution in [0.25, 0.3) is 0 Å². The number of carbonyl (C=O) groups is 1. The summed E-state index contributed by atoms with van der Waals surface area (Å²) >= 11 is 2.75. The Labute approximate surface area is 153 Å². The van der Waals surface area contributed by atoms with Crippen LogP contribution >= 0.6 is 23.1 Å². The van der Waals surface area contributed by atoms with E-state index >= 15 is 0 Å². The first-order valence-electron chi connectivity index (χ1n) is 7.52. The van der Waals surface area contributed by atoms with Crippen molar-refractivity contribution in [3.8, 4) is 0 Å². The molecule has 2 aromatic rings. The van der Waals surface area contributed by atoms with Crippen molar-refractivity contribution in [3.63, 3.8) is 0 Å². The lowest BCUT2D eigenvalue weighted by molar-refractivity contribution is -0.115. The molecule has 0 radical (unpaired) electrons. The Morgan fingerprint density at radius 1 is 1.32 bits per heavy atom. The number of benzene rings is 1. The third kappa shape index (κ3) is 5.14. The number of amides is 1. The highest BCUT2D eigenvalue weighted by atomic mass is 32.2. The number of thioether (sulfide) groups is 1. The highest BCUT2D eigenvalue weighted by Gasteiger charge is 2.23. The van der Waals surface area contributed by atoms with Gasteiger partial charge in [0.1, 0.15) is 0 Å². The van der Waals surface area contributed by atoms with Crippen LogP contribution in [0.1, 0.15) is 19.8 Å². The van der Waals surface area contributed by atoms with E-state index < -0.39 is 10.0 Å². The summed E-state index contributed by atoms with van der Waals surface area (Å²) in [6.07, 6.45) is 2.32. The molecule has 134 valence electrons. The number of hydrogen-bond acceptors (Lipinski definition) is 8. The molecule has 4 N–H and O–H groups in total. The zero-order valence-corrected chi connectivity index (χ0v) is 15.7. The second kappa shape index (κ2) is 7.28. The Kier molecular flexibility index (Phi) is 5.27. The quantitative estimate of drug-likeness (QED) is 0.607. The van der Waals surface area contributed by atoms with Gasteiger partial charge in [-0.15, -0.1) is 10.2 Å². The van der Waals surface area contributed by atoms with Crippen LogP contribution in [0.4, 0.5) is 10.8 Å². The second-order valence-corrected chi connectivity index (χ2v) is 9.74. The van der Waals surface area contributed by atoms with Gasteiger partial charge in [-0.25, -0.2) is 13.6 Å². The number of primary sulfonamides is 1. The Balaban J connectivity index is 1.55. The fraction of sp³-hybridized carbons (Fsp3) is 0.357. The van der Waals surface area contributed by atoms with Crippen molar-refractivity contribution in [1.82, 2.24) is 10.2 Å². The summed E-state index contributed by atoms with van der Waals surface area (Å²) in [5.41, 5.74) is 0.498. The average Bonchev–Trinajstić information content (AvgIpc) is 3.25. The van der Waals surface area contributed by atoms with Crippen molar-refractivity contribution in [2.45, 2.75) is 40.3 Å². The van der Waals surface area contributed by atoms with Gasteiger partial charge in [0.25, 0.3) is 0 Å². The smallest absolute Gasteiger partial charge is 0.238 e. The Hall–Kier alpha value is -1.69. The van der Waals surface area contributed by atoms with Gasteiger partial charge in [0, 0.05) is 11.7 Å². The number of carbonyl (C=O) groups excluding carboxylic acids is 1. The summed E-state index contributed by atoms with van der Waals surface area (Å²) in [7, 11) is -3.74. The molecule has 8 nitrogen and oxygen atoms in total. The molecule has 1 unspecified atom stereocenters. The largest absolute Gasteiger partial charge is 0.357 e. The van der Waals surface area contributed by atoms with Gasteiger partial charge >= 0.3 is 0 Å². The van der Waals surface area contributed by atoms with Crippen LogP contribution in [-0.4, -0.2) is 35.8 Å². The molecule has 0 bridgehead atoms. The number of nitrogens with one attached hydrogen (secondary N) is 2. The van der Waals surface area contributed by atoms with Crippen LogP contribution < -0.4 is 15.8 Å². The molecule has 1 atom stereocenters. The molecule has 1 fully saturated rings. The Bertz CT molecular complexity index is 862. The lowest BCUT2D eigenvalue weighted by Gasteiger charge is -2.10. The maximum atomic E-state index is 12.3.